The SMILES string of the molecule is CC(C)(C)OC(=O)NCc1ccc(C(=O)CN)cc1.CC(C)(C)OC(=O)NCc1ccc(C(=O)CNC(F)(F)F)cc1. The molecule has 42 heavy (non-hydrogen) atoms. The van der Waals surface area contributed by atoms with Gasteiger partial charge in [-0.1, -0.05) is 48.5 Å². The summed E-state index contributed by atoms with van der Waals surface area (Å²) in [5.74, 6) is -0.777. The fourth-order valence-electron chi connectivity index (χ4n) is 2.99. The quantitative estimate of drug-likeness (QED) is 0.237. The Hall–Kier alpha value is -3.97. The van der Waals surface area contributed by atoms with Crippen LogP contribution in [0.25, 0.3) is 0 Å². The van der Waals surface area contributed by atoms with Gasteiger partial charge in [-0.15, -0.1) is 0 Å². The standard InChI is InChI=1S/C15H19F3N2O3.C14H20N2O3/c1-14(2,3)23-13(22)19-8-10-4-6-11(7-5-10)12(21)9-20-15(16,17)18;1-14(2,3)19-13(18)16-9-10-4-6-11(7-5-10)12(17)8-15/h4-7,20H,8-9H2,1-3H3,(H,19,22);4-7H,8-9,15H2,1-3H3,(H,16,18). The highest BCUT2D eigenvalue weighted by molar-refractivity contribution is 5.98. The summed E-state index contributed by atoms with van der Waals surface area (Å²) in [6.45, 7) is 10.3. The number of alkyl halides is 3. The molecule has 0 aromatic heterocycles. The monoisotopic (exact) mass is 596 g/mol. The highest BCUT2D eigenvalue weighted by atomic mass is 19.4. The van der Waals surface area contributed by atoms with Gasteiger partial charge in [-0.2, -0.15) is 13.2 Å². The molecule has 0 saturated heterocycles. The molecule has 2 amide bonds. The van der Waals surface area contributed by atoms with Crippen molar-refractivity contribution in [1.82, 2.24) is 16.0 Å². The van der Waals surface area contributed by atoms with Crippen molar-refractivity contribution in [3.05, 3.63) is 70.8 Å². The van der Waals surface area contributed by atoms with Crippen molar-refractivity contribution in [3.8, 4) is 0 Å². The summed E-state index contributed by atoms with van der Waals surface area (Å²) in [5.41, 5.74) is 6.47. The lowest BCUT2D eigenvalue weighted by molar-refractivity contribution is -0.154. The average Bonchev–Trinajstić information content (AvgIpc) is 2.87. The Balaban J connectivity index is 0.000000428. The van der Waals surface area contributed by atoms with E-state index in [1.165, 1.54) is 17.4 Å². The van der Waals surface area contributed by atoms with Gasteiger partial charge in [0.05, 0.1) is 13.1 Å². The highest BCUT2D eigenvalue weighted by Gasteiger charge is 2.27. The van der Waals surface area contributed by atoms with Gasteiger partial charge >= 0.3 is 18.5 Å². The number of Topliss-reactive ketones (excluding diaryl/α,β-unsaturated/α-hetero) is 2. The normalized spacial score (nSPS) is 11.5. The number of hydrogen-bond acceptors (Lipinski definition) is 8. The Morgan fingerprint density at radius 3 is 1.33 bits per heavy atom. The smallest absolute Gasteiger partial charge is 0.444 e. The van der Waals surface area contributed by atoms with Gasteiger partial charge in [-0.25, -0.2) is 14.9 Å². The van der Waals surface area contributed by atoms with Gasteiger partial charge in [0.2, 0.25) is 0 Å². The summed E-state index contributed by atoms with van der Waals surface area (Å²) in [6.07, 6.45) is -5.63. The Morgan fingerprint density at radius 1 is 0.667 bits per heavy atom. The van der Waals surface area contributed by atoms with Crippen molar-refractivity contribution < 1.29 is 41.8 Å². The van der Waals surface area contributed by atoms with Crippen LogP contribution < -0.4 is 21.7 Å². The van der Waals surface area contributed by atoms with Gasteiger partial charge in [0.15, 0.2) is 11.6 Å². The first-order chi connectivity index (χ1) is 19.3. The van der Waals surface area contributed by atoms with E-state index in [0.29, 0.717) is 17.7 Å². The van der Waals surface area contributed by atoms with Crippen LogP contribution in [0.1, 0.15) is 73.4 Å². The molecule has 2 rings (SSSR count). The molecule has 0 aliphatic carbocycles. The highest BCUT2D eigenvalue weighted by Crippen LogP contribution is 2.12. The Morgan fingerprint density at radius 2 is 1.02 bits per heavy atom. The Bertz CT molecular complexity index is 1190. The fourth-order valence-corrected chi connectivity index (χ4v) is 2.99. The van der Waals surface area contributed by atoms with Crippen molar-refractivity contribution in [2.75, 3.05) is 13.1 Å². The summed E-state index contributed by atoms with van der Waals surface area (Å²) in [5, 5.41) is 6.36. The van der Waals surface area contributed by atoms with Gasteiger partial charge < -0.3 is 25.8 Å². The Labute approximate surface area is 243 Å². The van der Waals surface area contributed by atoms with Crippen molar-refractivity contribution in [2.24, 2.45) is 5.73 Å². The minimum Gasteiger partial charge on any atom is -0.444 e. The molecule has 232 valence electrons. The number of benzene rings is 2. The first kappa shape index (κ1) is 36.1. The van der Waals surface area contributed by atoms with Gasteiger partial charge in [0.25, 0.3) is 0 Å². The second kappa shape index (κ2) is 15.9. The molecular formula is C29H39F3N4O6. The molecule has 0 radical (unpaired) electrons. The summed E-state index contributed by atoms with van der Waals surface area (Å²) >= 11 is 0. The molecule has 0 heterocycles. The topological polar surface area (TPSA) is 149 Å². The molecule has 2 aromatic carbocycles. The van der Waals surface area contributed by atoms with Crippen molar-refractivity contribution in [1.29, 1.82) is 0 Å². The number of halogens is 3. The lowest BCUT2D eigenvalue weighted by Crippen LogP contribution is -2.35. The van der Waals surface area contributed by atoms with Crippen LogP contribution in [-0.4, -0.2) is 54.3 Å². The molecule has 5 N–H and O–H groups in total. The summed E-state index contributed by atoms with van der Waals surface area (Å²) in [6, 6.07) is 12.9. The molecule has 2 aromatic rings. The van der Waals surface area contributed by atoms with Crippen LogP contribution in [-0.2, 0) is 22.6 Å². The summed E-state index contributed by atoms with van der Waals surface area (Å²) in [4.78, 5) is 45.8. The number of rotatable bonds is 9. The van der Waals surface area contributed by atoms with Crippen molar-refractivity contribution in [3.63, 3.8) is 0 Å². The number of carbonyl (C=O) groups excluding carboxylic acids is 4. The number of amides is 2. The van der Waals surface area contributed by atoms with Gasteiger partial charge in [-0.05, 0) is 52.7 Å². The van der Waals surface area contributed by atoms with E-state index in [-0.39, 0.29) is 24.4 Å². The zero-order valence-electron chi connectivity index (χ0n) is 24.6. The van der Waals surface area contributed by atoms with Crippen LogP contribution >= 0.6 is 0 Å². The molecule has 10 nitrogen and oxygen atoms in total. The van der Waals surface area contributed by atoms with Crippen LogP contribution in [0.4, 0.5) is 22.8 Å². The predicted molar refractivity (Wildman–Crippen MR) is 151 cm³/mol. The molecule has 13 heteroatoms. The van der Waals surface area contributed by atoms with Gasteiger partial charge in [0.1, 0.15) is 11.2 Å². The second-order valence-corrected chi connectivity index (χ2v) is 11.0. The van der Waals surface area contributed by atoms with Crippen LogP contribution in [0, 0.1) is 0 Å². The van der Waals surface area contributed by atoms with E-state index in [9.17, 15) is 32.3 Å². The fraction of sp³-hybridized carbons (Fsp3) is 0.448. The number of hydrogen-bond donors (Lipinski definition) is 4. The van der Waals surface area contributed by atoms with E-state index < -0.39 is 42.0 Å². The van der Waals surface area contributed by atoms with Crippen LogP contribution in [0.2, 0.25) is 0 Å². The summed E-state index contributed by atoms with van der Waals surface area (Å²) in [7, 11) is 0. The lowest BCUT2D eigenvalue weighted by atomic mass is 10.1. The van der Waals surface area contributed by atoms with E-state index in [1.54, 1.807) is 77.9 Å². The first-order valence-corrected chi connectivity index (χ1v) is 13.0. The van der Waals surface area contributed by atoms with Crippen molar-refractivity contribution in [2.45, 2.75) is 72.1 Å². The number of carbonyl (C=O) groups is 4. The zero-order chi connectivity index (χ0) is 32.1. The number of nitrogens with two attached hydrogens (primary N) is 1. The first-order valence-electron chi connectivity index (χ1n) is 13.0. The number of ketones is 2. The molecule has 0 aliphatic heterocycles. The van der Waals surface area contributed by atoms with Gasteiger partial charge in [-0.3, -0.25) is 9.59 Å². The van der Waals surface area contributed by atoms with Crippen LogP contribution in [0.3, 0.4) is 0 Å². The molecule has 0 atom stereocenters. The largest absolute Gasteiger partial charge is 0.457 e. The molecule has 0 spiro atoms. The molecule has 0 unspecified atom stereocenters. The third-order valence-electron chi connectivity index (χ3n) is 4.86. The average molecular weight is 597 g/mol. The molecule has 0 bridgehead atoms. The van der Waals surface area contributed by atoms with Crippen LogP contribution in [0.5, 0.6) is 0 Å². The molecule has 0 saturated carbocycles. The third-order valence-corrected chi connectivity index (χ3v) is 4.86. The minimum absolute atomic E-state index is 0.00446. The van der Waals surface area contributed by atoms with Crippen molar-refractivity contribution >= 4 is 23.8 Å². The number of ether oxygens (including phenoxy) is 2. The molecule has 0 aliphatic rings. The van der Waals surface area contributed by atoms with Gasteiger partial charge in [0, 0.05) is 24.2 Å². The van der Waals surface area contributed by atoms with E-state index in [1.807, 2.05) is 0 Å². The van der Waals surface area contributed by atoms with E-state index in [0.717, 1.165) is 5.56 Å². The van der Waals surface area contributed by atoms with E-state index >= 15 is 0 Å². The third kappa shape index (κ3) is 16.3. The maximum Gasteiger partial charge on any atom is 0.457 e. The number of alkyl carbamates (subject to hydrolysis) is 2. The predicted octanol–water partition coefficient (Wildman–Crippen LogP) is 4.86. The minimum atomic E-state index is -4.59. The van der Waals surface area contributed by atoms with Crippen LogP contribution in [0.15, 0.2) is 48.5 Å². The maximum absolute atomic E-state index is 12.0. The Kier molecular flexibility index (Phi) is 13.6. The molecular weight excluding hydrogens is 557 g/mol. The molecule has 0 fully saturated rings. The van der Waals surface area contributed by atoms with E-state index in [4.69, 9.17) is 15.2 Å². The number of nitrogens with one attached hydrogen (secondary N) is 3. The van der Waals surface area contributed by atoms with E-state index in [2.05, 4.69) is 10.6 Å². The maximum atomic E-state index is 12.0. The zero-order valence-corrected chi connectivity index (χ0v) is 24.6. The lowest BCUT2D eigenvalue weighted by Gasteiger charge is -2.19. The summed E-state index contributed by atoms with van der Waals surface area (Å²) < 4.78 is 46.1. The second-order valence-electron chi connectivity index (χ2n) is 11.0.